The van der Waals surface area contributed by atoms with Gasteiger partial charge in [-0.25, -0.2) is 0 Å². The van der Waals surface area contributed by atoms with Crippen LogP contribution in [0.25, 0.3) is 10.9 Å². The van der Waals surface area contributed by atoms with Gasteiger partial charge in [-0.1, -0.05) is 49.4 Å². The van der Waals surface area contributed by atoms with Crippen molar-refractivity contribution in [3.8, 4) is 18.2 Å². The van der Waals surface area contributed by atoms with Crippen LogP contribution in [0.3, 0.4) is 0 Å². The largest absolute Gasteiger partial charge is 0.377 e. The van der Waals surface area contributed by atoms with Crippen LogP contribution in [0.15, 0.2) is 84.8 Å². The molecule has 0 spiro atoms. The van der Waals surface area contributed by atoms with Crippen molar-refractivity contribution in [3.63, 3.8) is 0 Å². The lowest BCUT2D eigenvalue weighted by Crippen LogP contribution is -2.38. The molecular weight excluding hydrogens is 522 g/mol. The summed E-state index contributed by atoms with van der Waals surface area (Å²) in [6.07, 6.45) is 6.24. The summed E-state index contributed by atoms with van der Waals surface area (Å²) < 4.78 is 9.76. The van der Waals surface area contributed by atoms with E-state index in [0.29, 0.717) is 56.3 Å². The van der Waals surface area contributed by atoms with E-state index in [0.717, 1.165) is 24.8 Å². The van der Waals surface area contributed by atoms with Crippen LogP contribution in [-0.2, 0) is 0 Å². The summed E-state index contributed by atoms with van der Waals surface area (Å²) in [5.74, 6) is 0. The highest BCUT2D eigenvalue weighted by Crippen LogP contribution is 2.36. The second kappa shape index (κ2) is 11.5. The molecular formula is C33H29N9. The lowest BCUT2D eigenvalue weighted by molar-refractivity contribution is 0.260. The maximum Gasteiger partial charge on any atom is 0.103 e. The normalized spacial score (nSPS) is 16.6. The summed E-state index contributed by atoms with van der Waals surface area (Å²) >= 11 is 0. The van der Waals surface area contributed by atoms with Gasteiger partial charge >= 0.3 is 0 Å². The number of rotatable bonds is 9. The highest BCUT2D eigenvalue weighted by molar-refractivity contribution is 5.99. The number of anilines is 2. The van der Waals surface area contributed by atoms with E-state index >= 15 is 0 Å². The summed E-state index contributed by atoms with van der Waals surface area (Å²) in [4.78, 5) is 4.49. The molecule has 2 aliphatic rings. The molecule has 42 heavy (non-hydrogen) atoms. The third-order valence-electron chi connectivity index (χ3n) is 7.49. The lowest BCUT2D eigenvalue weighted by Gasteiger charge is -2.24. The zero-order chi connectivity index (χ0) is 30.0. The number of aromatic nitrogens is 1. The number of nitrogens with zero attached hydrogens (tertiary/aromatic N) is 5. The quantitative estimate of drug-likeness (QED) is 0.200. The smallest absolute Gasteiger partial charge is 0.103 e. The SMILES string of the molecule is [2H]C(Nc1cc(C#N)c2ncc(C#N)c(N[C@H](CC)c3ccccc3)c2c1)(C1=CN(C2CC2)NN1)c1cccc(C#N)c1. The average molecular weight is 553 g/mol. The number of benzene rings is 3. The molecule has 1 aromatic heterocycles. The maximum absolute atomic E-state index is 10.2. The molecule has 0 saturated heterocycles. The summed E-state index contributed by atoms with van der Waals surface area (Å²) in [5, 5.41) is 39.2. The van der Waals surface area contributed by atoms with Crippen LogP contribution >= 0.6 is 0 Å². The first-order valence-electron chi connectivity index (χ1n) is 14.4. The van der Waals surface area contributed by atoms with Gasteiger partial charge in [-0.2, -0.15) is 15.8 Å². The van der Waals surface area contributed by atoms with Gasteiger partial charge in [0.1, 0.15) is 12.1 Å². The zero-order valence-corrected chi connectivity index (χ0v) is 23.0. The Morgan fingerprint density at radius 1 is 0.976 bits per heavy atom. The Balaban J connectivity index is 1.48. The Hall–Kier alpha value is -5.56. The zero-order valence-electron chi connectivity index (χ0n) is 24.0. The van der Waals surface area contributed by atoms with Crippen molar-refractivity contribution in [1.29, 1.82) is 15.8 Å². The third kappa shape index (κ3) is 5.28. The van der Waals surface area contributed by atoms with Crippen LogP contribution in [0.1, 0.15) is 67.4 Å². The van der Waals surface area contributed by atoms with E-state index in [2.05, 4.69) is 51.7 Å². The van der Waals surface area contributed by atoms with Gasteiger partial charge in [0.05, 0.1) is 53.1 Å². The Morgan fingerprint density at radius 3 is 2.48 bits per heavy atom. The molecule has 2 atom stereocenters. The van der Waals surface area contributed by atoms with Crippen LogP contribution in [-0.4, -0.2) is 16.0 Å². The Kier molecular flexibility index (Phi) is 6.96. The van der Waals surface area contributed by atoms with E-state index in [1.54, 1.807) is 30.3 Å². The van der Waals surface area contributed by atoms with Gasteiger partial charge in [0, 0.05) is 29.5 Å². The minimum atomic E-state index is -1.56. The first-order chi connectivity index (χ1) is 21.0. The molecule has 0 amide bonds. The molecule has 9 heteroatoms. The molecule has 1 aliphatic heterocycles. The van der Waals surface area contributed by atoms with Crippen LogP contribution in [0.2, 0.25) is 0 Å². The minimum absolute atomic E-state index is 0.0858. The molecule has 0 bridgehead atoms. The Bertz CT molecular complexity index is 1850. The van der Waals surface area contributed by atoms with E-state index in [4.69, 9.17) is 0 Å². The monoisotopic (exact) mass is 552 g/mol. The fraction of sp³-hybridized carbons (Fsp3) is 0.212. The van der Waals surface area contributed by atoms with Crippen LogP contribution < -0.4 is 21.6 Å². The van der Waals surface area contributed by atoms with Crippen molar-refractivity contribution in [3.05, 3.63) is 113 Å². The number of nitrogens with one attached hydrogen (secondary N) is 4. The third-order valence-corrected chi connectivity index (χ3v) is 7.49. The number of fused-ring (bicyclic) bond motifs is 1. The highest BCUT2D eigenvalue weighted by atomic mass is 15.7. The van der Waals surface area contributed by atoms with Crippen LogP contribution in [0, 0.1) is 34.0 Å². The van der Waals surface area contributed by atoms with Gasteiger partial charge in [0.2, 0.25) is 0 Å². The van der Waals surface area contributed by atoms with Crippen molar-refractivity contribution in [2.45, 2.75) is 44.3 Å². The van der Waals surface area contributed by atoms with Crippen molar-refractivity contribution < 1.29 is 1.37 Å². The van der Waals surface area contributed by atoms with Gasteiger partial charge in [0.25, 0.3) is 0 Å². The van der Waals surface area contributed by atoms with E-state index in [1.807, 2.05) is 47.6 Å². The van der Waals surface area contributed by atoms with Gasteiger partial charge in [-0.3, -0.25) is 9.99 Å². The standard InChI is InChI=1S/C33H29N9/c1-2-29(22-8-4-3-5-9-22)39-32-25(18-36)19-37-31-24(17-35)14-26(15-28(31)32)38-33(23-10-6-7-21(13-23)16-34)30-20-42(41-40-30)27-11-12-27/h3-10,13-15,19-20,27,29,33,38,40-41H,2,11-12H2,1H3,(H,37,39)/t29-,33?/m1/s1/i33D. The predicted octanol–water partition coefficient (Wildman–Crippen LogP) is 5.89. The minimum Gasteiger partial charge on any atom is -0.377 e. The molecule has 4 aromatic rings. The maximum atomic E-state index is 10.2. The second-order valence-electron chi connectivity index (χ2n) is 10.3. The van der Waals surface area contributed by atoms with Crippen molar-refractivity contribution >= 4 is 22.3 Å². The average Bonchev–Trinajstić information content (AvgIpc) is 3.78. The van der Waals surface area contributed by atoms with Crippen molar-refractivity contribution in [2.24, 2.45) is 0 Å². The first kappa shape index (κ1) is 25.4. The Labute approximate surface area is 246 Å². The molecule has 0 radical (unpaired) electrons. The molecule has 2 heterocycles. The fourth-order valence-electron chi connectivity index (χ4n) is 5.17. The number of hydrogen-bond acceptors (Lipinski definition) is 9. The number of nitriles is 3. The number of hydrogen-bond donors (Lipinski definition) is 4. The lowest BCUT2D eigenvalue weighted by atomic mass is 9.99. The van der Waals surface area contributed by atoms with E-state index in [1.165, 1.54) is 6.20 Å². The van der Waals surface area contributed by atoms with Crippen LogP contribution in [0.4, 0.5) is 11.4 Å². The summed E-state index contributed by atoms with van der Waals surface area (Å²) in [5.41, 5.74) is 11.0. The topological polar surface area (TPSA) is 136 Å². The molecule has 1 aliphatic carbocycles. The second-order valence-corrected chi connectivity index (χ2v) is 10.3. The summed E-state index contributed by atoms with van der Waals surface area (Å²) in [7, 11) is 0. The van der Waals surface area contributed by atoms with Crippen molar-refractivity contribution in [2.75, 3.05) is 10.6 Å². The highest BCUT2D eigenvalue weighted by Gasteiger charge is 2.32. The summed E-state index contributed by atoms with van der Waals surface area (Å²) in [6, 6.07) is 25.8. The van der Waals surface area contributed by atoms with E-state index in [-0.39, 0.29) is 6.04 Å². The van der Waals surface area contributed by atoms with Crippen molar-refractivity contribution in [1.82, 2.24) is 21.0 Å². The molecule has 6 rings (SSSR count). The van der Waals surface area contributed by atoms with Gasteiger partial charge < -0.3 is 16.1 Å². The summed E-state index contributed by atoms with van der Waals surface area (Å²) in [6.45, 7) is 2.07. The fourth-order valence-corrected chi connectivity index (χ4v) is 5.17. The van der Waals surface area contributed by atoms with E-state index < -0.39 is 6.02 Å². The number of pyridine rings is 1. The first-order valence-corrected chi connectivity index (χ1v) is 13.9. The van der Waals surface area contributed by atoms with E-state index in [9.17, 15) is 17.2 Å². The molecule has 1 fully saturated rings. The number of hydrazine groups is 2. The molecule has 206 valence electrons. The predicted molar refractivity (Wildman–Crippen MR) is 161 cm³/mol. The molecule has 3 aromatic carbocycles. The van der Waals surface area contributed by atoms with Crippen LogP contribution in [0.5, 0.6) is 0 Å². The van der Waals surface area contributed by atoms with Gasteiger partial charge in [-0.15, -0.1) is 5.53 Å². The van der Waals surface area contributed by atoms with Gasteiger partial charge in [0.15, 0.2) is 0 Å². The molecule has 9 nitrogen and oxygen atoms in total. The Morgan fingerprint density at radius 2 is 1.76 bits per heavy atom. The molecule has 4 N–H and O–H groups in total. The van der Waals surface area contributed by atoms with Gasteiger partial charge in [-0.05, 0) is 54.7 Å². The molecule has 1 unspecified atom stereocenters. The molecule has 1 saturated carbocycles.